The van der Waals surface area contributed by atoms with Gasteiger partial charge in [-0.2, -0.15) is 5.10 Å². The molecule has 0 unspecified atom stereocenters. The molecule has 4 heteroatoms. The molecule has 0 radical (unpaired) electrons. The van der Waals surface area contributed by atoms with Gasteiger partial charge in [0.1, 0.15) is 0 Å². The Bertz CT molecular complexity index is 505. The predicted octanol–water partition coefficient (Wildman–Crippen LogP) is 2.94. The second kappa shape index (κ2) is 5.34. The lowest BCUT2D eigenvalue weighted by Gasteiger charge is -2.05. The monoisotopic (exact) mass is 249 g/mol. The zero-order valence-corrected chi connectivity index (χ0v) is 10.8. The van der Waals surface area contributed by atoms with Crippen molar-refractivity contribution in [3.05, 3.63) is 46.7 Å². The van der Waals surface area contributed by atoms with Crippen molar-refractivity contribution in [2.45, 2.75) is 20.4 Å². The van der Waals surface area contributed by atoms with Crippen LogP contribution in [0, 0.1) is 6.92 Å². The maximum Gasteiger partial charge on any atom is 0.0832 e. The summed E-state index contributed by atoms with van der Waals surface area (Å²) in [5, 5.41) is 8.45. The molecule has 0 bridgehead atoms. The van der Waals surface area contributed by atoms with Crippen LogP contribution in [-0.4, -0.2) is 16.3 Å². The smallest absolute Gasteiger partial charge is 0.0832 e. The Morgan fingerprint density at radius 2 is 2.18 bits per heavy atom. The first-order valence-corrected chi connectivity index (χ1v) is 6.10. The van der Waals surface area contributed by atoms with Crippen molar-refractivity contribution in [1.82, 2.24) is 15.1 Å². The first kappa shape index (κ1) is 12.1. The summed E-state index contributed by atoms with van der Waals surface area (Å²) in [6.45, 7) is 5.83. The Labute approximate surface area is 106 Å². The van der Waals surface area contributed by atoms with Crippen molar-refractivity contribution < 1.29 is 0 Å². The Hall–Kier alpha value is -1.32. The molecule has 1 aromatic heterocycles. The van der Waals surface area contributed by atoms with Crippen molar-refractivity contribution in [1.29, 1.82) is 0 Å². The van der Waals surface area contributed by atoms with Crippen LogP contribution in [-0.2, 0) is 6.54 Å². The van der Waals surface area contributed by atoms with E-state index in [1.807, 2.05) is 42.1 Å². The van der Waals surface area contributed by atoms with Crippen LogP contribution in [0.3, 0.4) is 0 Å². The molecule has 2 aromatic rings. The third-order valence-electron chi connectivity index (χ3n) is 2.55. The molecule has 0 atom stereocenters. The van der Waals surface area contributed by atoms with E-state index in [9.17, 15) is 0 Å². The number of hydrogen-bond donors (Lipinski definition) is 1. The molecule has 0 aliphatic rings. The standard InChI is InChI=1S/C13H16ClN3/c1-3-15-9-11-6-7-17(16-11)13-5-4-10(2)8-12(13)14/h4-8,15H,3,9H2,1-2H3. The van der Waals surface area contributed by atoms with Crippen LogP contribution in [0.25, 0.3) is 5.69 Å². The molecule has 0 spiro atoms. The van der Waals surface area contributed by atoms with Gasteiger partial charge in [-0.3, -0.25) is 0 Å². The largest absolute Gasteiger partial charge is 0.311 e. The minimum atomic E-state index is 0.725. The normalized spacial score (nSPS) is 10.8. The topological polar surface area (TPSA) is 29.9 Å². The number of rotatable bonds is 4. The van der Waals surface area contributed by atoms with Crippen molar-refractivity contribution in [3.63, 3.8) is 0 Å². The third kappa shape index (κ3) is 2.87. The van der Waals surface area contributed by atoms with E-state index in [1.165, 1.54) is 0 Å². The highest BCUT2D eigenvalue weighted by atomic mass is 35.5. The summed E-state index contributed by atoms with van der Waals surface area (Å²) in [5.41, 5.74) is 3.09. The van der Waals surface area contributed by atoms with Crippen molar-refractivity contribution in [3.8, 4) is 5.69 Å². The first-order chi connectivity index (χ1) is 8.20. The van der Waals surface area contributed by atoms with E-state index in [0.29, 0.717) is 0 Å². The summed E-state index contributed by atoms with van der Waals surface area (Å²) in [6, 6.07) is 7.97. The van der Waals surface area contributed by atoms with Crippen LogP contribution in [0.1, 0.15) is 18.2 Å². The Morgan fingerprint density at radius 1 is 1.35 bits per heavy atom. The Balaban J connectivity index is 2.24. The summed E-state index contributed by atoms with van der Waals surface area (Å²) in [4.78, 5) is 0. The van der Waals surface area contributed by atoms with Gasteiger partial charge in [-0.15, -0.1) is 0 Å². The average Bonchev–Trinajstić information content (AvgIpc) is 2.75. The predicted molar refractivity (Wildman–Crippen MR) is 70.7 cm³/mol. The maximum absolute atomic E-state index is 6.20. The Kier molecular flexibility index (Phi) is 3.82. The molecule has 0 aliphatic carbocycles. The quantitative estimate of drug-likeness (QED) is 0.903. The fourth-order valence-corrected chi connectivity index (χ4v) is 1.96. The second-order valence-corrected chi connectivity index (χ2v) is 4.39. The van der Waals surface area contributed by atoms with Crippen LogP contribution in [0.4, 0.5) is 0 Å². The number of aryl methyl sites for hydroxylation is 1. The molecule has 0 fully saturated rings. The summed E-state index contributed by atoms with van der Waals surface area (Å²) in [7, 11) is 0. The van der Waals surface area contributed by atoms with Gasteiger partial charge >= 0.3 is 0 Å². The Morgan fingerprint density at radius 3 is 2.88 bits per heavy atom. The second-order valence-electron chi connectivity index (χ2n) is 3.99. The summed E-state index contributed by atoms with van der Waals surface area (Å²) in [5.74, 6) is 0. The molecule has 1 aromatic carbocycles. The van der Waals surface area contributed by atoms with Crippen LogP contribution in [0.15, 0.2) is 30.5 Å². The summed E-state index contributed by atoms with van der Waals surface area (Å²) < 4.78 is 1.81. The van der Waals surface area contributed by atoms with Crippen molar-refractivity contribution >= 4 is 11.6 Å². The van der Waals surface area contributed by atoms with Gasteiger partial charge in [0.15, 0.2) is 0 Å². The number of nitrogens with zero attached hydrogens (tertiary/aromatic N) is 2. The number of benzene rings is 1. The third-order valence-corrected chi connectivity index (χ3v) is 2.85. The van der Waals surface area contributed by atoms with Crippen LogP contribution < -0.4 is 5.32 Å². The molecular weight excluding hydrogens is 234 g/mol. The van der Waals surface area contributed by atoms with Gasteiger partial charge in [0.25, 0.3) is 0 Å². The SMILES string of the molecule is CCNCc1ccn(-c2ccc(C)cc2Cl)n1. The highest BCUT2D eigenvalue weighted by Crippen LogP contribution is 2.21. The highest BCUT2D eigenvalue weighted by molar-refractivity contribution is 6.32. The number of nitrogens with one attached hydrogen (secondary N) is 1. The highest BCUT2D eigenvalue weighted by Gasteiger charge is 2.05. The van der Waals surface area contributed by atoms with Gasteiger partial charge < -0.3 is 5.32 Å². The van der Waals surface area contributed by atoms with Gasteiger partial charge in [-0.1, -0.05) is 24.6 Å². The molecule has 0 aliphatic heterocycles. The van der Waals surface area contributed by atoms with E-state index in [1.54, 1.807) is 0 Å². The van der Waals surface area contributed by atoms with Crippen LogP contribution in [0.5, 0.6) is 0 Å². The molecule has 0 amide bonds. The molecule has 2 rings (SSSR count). The van der Waals surface area contributed by atoms with E-state index in [0.717, 1.165) is 35.1 Å². The number of aromatic nitrogens is 2. The van der Waals surface area contributed by atoms with E-state index < -0.39 is 0 Å². The van der Waals surface area contributed by atoms with Crippen molar-refractivity contribution in [2.24, 2.45) is 0 Å². The molecule has 3 nitrogen and oxygen atoms in total. The lowest BCUT2D eigenvalue weighted by molar-refractivity contribution is 0.696. The molecule has 0 saturated carbocycles. The first-order valence-electron chi connectivity index (χ1n) is 5.72. The minimum absolute atomic E-state index is 0.725. The fourth-order valence-electron chi connectivity index (χ4n) is 1.64. The zero-order chi connectivity index (χ0) is 12.3. The van der Waals surface area contributed by atoms with Crippen molar-refractivity contribution in [2.75, 3.05) is 6.54 Å². The van der Waals surface area contributed by atoms with E-state index in [-0.39, 0.29) is 0 Å². The van der Waals surface area contributed by atoms with Crippen LogP contribution >= 0.6 is 11.6 Å². The molecule has 90 valence electrons. The van der Waals surface area contributed by atoms with Crippen LogP contribution in [0.2, 0.25) is 5.02 Å². The van der Waals surface area contributed by atoms with Gasteiger partial charge in [-0.05, 0) is 37.2 Å². The molecule has 1 N–H and O–H groups in total. The lowest BCUT2D eigenvalue weighted by atomic mass is 10.2. The fraction of sp³-hybridized carbons (Fsp3) is 0.308. The van der Waals surface area contributed by atoms with E-state index in [2.05, 4.69) is 17.3 Å². The van der Waals surface area contributed by atoms with Gasteiger partial charge in [0.2, 0.25) is 0 Å². The van der Waals surface area contributed by atoms with Gasteiger partial charge in [-0.25, -0.2) is 4.68 Å². The lowest BCUT2D eigenvalue weighted by Crippen LogP contribution is -2.12. The summed E-state index contributed by atoms with van der Waals surface area (Å²) in [6.07, 6.45) is 1.93. The maximum atomic E-state index is 6.20. The van der Waals surface area contributed by atoms with Gasteiger partial charge in [0.05, 0.1) is 16.4 Å². The number of hydrogen-bond acceptors (Lipinski definition) is 2. The van der Waals surface area contributed by atoms with E-state index in [4.69, 9.17) is 11.6 Å². The summed E-state index contributed by atoms with van der Waals surface area (Å²) >= 11 is 6.20. The average molecular weight is 250 g/mol. The molecule has 0 saturated heterocycles. The van der Waals surface area contributed by atoms with E-state index >= 15 is 0 Å². The number of halogens is 1. The molecule has 17 heavy (non-hydrogen) atoms. The minimum Gasteiger partial charge on any atom is -0.311 e. The van der Waals surface area contributed by atoms with Gasteiger partial charge in [0, 0.05) is 12.7 Å². The molecule has 1 heterocycles. The zero-order valence-electron chi connectivity index (χ0n) is 10.1. The molecular formula is C13H16ClN3.